The lowest BCUT2D eigenvalue weighted by Crippen LogP contribution is -2.07. The van der Waals surface area contributed by atoms with E-state index in [1.54, 1.807) is 18.4 Å². The minimum absolute atomic E-state index is 0.109. The molecule has 0 aliphatic carbocycles. The molecule has 0 aliphatic rings. The molecule has 1 N–H and O–H groups in total. The van der Waals surface area contributed by atoms with E-state index in [2.05, 4.69) is 25.9 Å². The van der Waals surface area contributed by atoms with E-state index in [1.165, 1.54) is 6.07 Å². The fourth-order valence-electron chi connectivity index (χ4n) is 2.17. The average molecular weight is 391 g/mol. The number of hydrogen-bond acceptors (Lipinski definition) is 3. The van der Waals surface area contributed by atoms with Gasteiger partial charge in [0.15, 0.2) is 0 Å². The van der Waals surface area contributed by atoms with Gasteiger partial charge < -0.3 is 9.55 Å². The molecule has 0 amide bonds. The summed E-state index contributed by atoms with van der Waals surface area (Å²) in [6, 6.07) is 3.04. The van der Waals surface area contributed by atoms with Crippen LogP contribution in [0.15, 0.2) is 26.8 Å². The smallest absolute Gasteiger partial charge is 0.304 e. The maximum Gasteiger partial charge on any atom is 0.304 e. The number of alkyl halides is 1. The van der Waals surface area contributed by atoms with Crippen molar-refractivity contribution in [2.75, 3.05) is 0 Å². The molecular formula is C13H10BrClFN3OS. The van der Waals surface area contributed by atoms with Gasteiger partial charge in [-0.15, -0.1) is 11.6 Å². The fourth-order valence-corrected chi connectivity index (χ4v) is 3.24. The fraction of sp³-hybridized carbons (Fsp3) is 0.231. The molecule has 3 aromatic rings. The third-order valence-corrected chi connectivity index (χ3v) is 4.60. The van der Waals surface area contributed by atoms with Gasteiger partial charge in [-0.3, -0.25) is 4.79 Å². The molecular weight excluding hydrogens is 381 g/mol. The van der Waals surface area contributed by atoms with Crippen LogP contribution in [0.25, 0.3) is 11.0 Å². The SMILES string of the molecule is CC(Cl)c1nc2cc(F)c(Br)cc2n1Cc1csc(=O)[nH]1. The summed E-state index contributed by atoms with van der Waals surface area (Å²) in [7, 11) is 0. The number of nitrogens with one attached hydrogen (secondary N) is 1. The third kappa shape index (κ3) is 2.77. The zero-order valence-electron chi connectivity index (χ0n) is 10.9. The molecule has 0 saturated heterocycles. The molecule has 1 unspecified atom stereocenters. The predicted molar refractivity (Wildman–Crippen MR) is 85.7 cm³/mol. The van der Waals surface area contributed by atoms with E-state index in [9.17, 15) is 9.18 Å². The first kappa shape index (κ1) is 14.7. The standard InChI is InChI=1S/C13H10BrClFN3OS/c1-6(15)12-18-10-3-9(16)8(14)2-11(10)19(12)4-7-5-21-13(20)17-7/h2-3,5-6H,4H2,1H3,(H,17,20). The van der Waals surface area contributed by atoms with Crippen molar-refractivity contribution in [2.45, 2.75) is 18.8 Å². The van der Waals surface area contributed by atoms with E-state index >= 15 is 0 Å². The highest BCUT2D eigenvalue weighted by Gasteiger charge is 2.17. The molecule has 1 aromatic carbocycles. The first-order chi connectivity index (χ1) is 9.95. The van der Waals surface area contributed by atoms with E-state index in [4.69, 9.17) is 11.6 Å². The Morgan fingerprint density at radius 1 is 1.57 bits per heavy atom. The van der Waals surface area contributed by atoms with Gasteiger partial charge in [-0.25, -0.2) is 9.37 Å². The van der Waals surface area contributed by atoms with Crippen molar-refractivity contribution in [3.8, 4) is 0 Å². The summed E-state index contributed by atoms with van der Waals surface area (Å²) in [5.74, 6) is 0.265. The van der Waals surface area contributed by atoms with Crippen molar-refractivity contribution >= 4 is 49.9 Å². The predicted octanol–water partition coefficient (Wildman–Crippen LogP) is 4.04. The van der Waals surface area contributed by atoms with Crippen LogP contribution in [0, 0.1) is 5.82 Å². The summed E-state index contributed by atoms with van der Waals surface area (Å²) in [5, 5.41) is 1.43. The molecule has 3 rings (SSSR count). The summed E-state index contributed by atoms with van der Waals surface area (Å²) >= 11 is 10.5. The van der Waals surface area contributed by atoms with Gasteiger partial charge in [0.2, 0.25) is 0 Å². The van der Waals surface area contributed by atoms with Crippen molar-refractivity contribution in [3.05, 3.63) is 49.0 Å². The number of halogens is 3. The van der Waals surface area contributed by atoms with Gasteiger partial charge in [0, 0.05) is 17.1 Å². The van der Waals surface area contributed by atoms with Gasteiger partial charge in [-0.1, -0.05) is 11.3 Å². The molecule has 21 heavy (non-hydrogen) atoms. The molecule has 0 fully saturated rings. The molecule has 110 valence electrons. The summed E-state index contributed by atoms with van der Waals surface area (Å²) in [6.45, 7) is 2.24. The molecule has 0 radical (unpaired) electrons. The molecule has 0 spiro atoms. The Kier molecular flexibility index (Phi) is 3.90. The highest BCUT2D eigenvalue weighted by Crippen LogP contribution is 2.29. The number of rotatable bonds is 3. The van der Waals surface area contributed by atoms with Crippen molar-refractivity contribution < 1.29 is 4.39 Å². The number of aromatic amines is 1. The van der Waals surface area contributed by atoms with Gasteiger partial charge >= 0.3 is 4.87 Å². The summed E-state index contributed by atoms with van der Waals surface area (Å²) in [4.78, 5) is 18.3. The van der Waals surface area contributed by atoms with Crippen LogP contribution in [0.2, 0.25) is 0 Å². The van der Waals surface area contributed by atoms with Crippen LogP contribution in [0.3, 0.4) is 0 Å². The number of thiazole rings is 1. The lowest BCUT2D eigenvalue weighted by Gasteiger charge is -2.09. The van der Waals surface area contributed by atoms with Crippen molar-refractivity contribution in [2.24, 2.45) is 0 Å². The Hall–Kier alpha value is -1.18. The van der Waals surface area contributed by atoms with Gasteiger partial charge in [-0.05, 0) is 28.9 Å². The topological polar surface area (TPSA) is 50.7 Å². The molecule has 0 saturated carbocycles. The number of benzene rings is 1. The molecule has 4 nitrogen and oxygen atoms in total. The second-order valence-corrected chi connectivity index (χ2v) is 6.95. The van der Waals surface area contributed by atoms with E-state index < -0.39 is 0 Å². The monoisotopic (exact) mass is 389 g/mol. The van der Waals surface area contributed by atoms with Crippen LogP contribution >= 0.6 is 38.9 Å². The number of fused-ring (bicyclic) bond motifs is 1. The molecule has 2 heterocycles. The second kappa shape index (κ2) is 5.55. The normalized spacial score (nSPS) is 13.0. The Morgan fingerprint density at radius 3 is 2.95 bits per heavy atom. The third-order valence-electron chi connectivity index (χ3n) is 3.07. The number of H-pyrrole nitrogens is 1. The lowest BCUT2D eigenvalue weighted by molar-refractivity contribution is 0.622. The Labute approximate surface area is 136 Å². The van der Waals surface area contributed by atoms with Crippen molar-refractivity contribution in [3.63, 3.8) is 0 Å². The van der Waals surface area contributed by atoms with Gasteiger partial charge in [0.25, 0.3) is 0 Å². The van der Waals surface area contributed by atoms with Crippen molar-refractivity contribution in [1.82, 2.24) is 14.5 Å². The Balaban J connectivity index is 2.19. The van der Waals surface area contributed by atoms with Crippen LogP contribution in [0.1, 0.15) is 23.8 Å². The average Bonchev–Trinajstić information content (AvgIpc) is 2.96. The number of nitrogens with zero attached hydrogens (tertiary/aromatic N) is 2. The van der Waals surface area contributed by atoms with Gasteiger partial charge in [0.05, 0.1) is 27.4 Å². The minimum Gasteiger partial charge on any atom is -0.321 e. The van der Waals surface area contributed by atoms with Crippen LogP contribution in [0.5, 0.6) is 0 Å². The summed E-state index contributed by atoms with van der Waals surface area (Å²) < 4.78 is 15.9. The molecule has 8 heteroatoms. The molecule has 1 atom stereocenters. The Bertz CT molecular complexity index is 870. The zero-order chi connectivity index (χ0) is 15.1. The first-order valence-electron chi connectivity index (χ1n) is 6.11. The van der Waals surface area contributed by atoms with E-state index in [0.29, 0.717) is 22.4 Å². The van der Waals surface area contributed by atoms with Gasteiger partial charge in [-0.2, -0.15) is 0 Å². The quantitative estimate of drug-likeness (QED) is 0.686. The summed E-state index contributed by atoms with van der Waals surface area (Å²) in [6.07, 6.45) is 0. The largest absolute Gasteiger partial charge is 0.321 e. The maximum absolute atomic E-state index is 13.6. The highest BCUT2D eigenvalue weighted by atomic mass is 79.9. The highest BCUT2D eigenvalue weighted by molar-refractivity contribution is 9.10. The Morgan fingerprint density at radius 2 is 2.33 bits per heavy atom. The second-order valence-electron chi connectivity index (χ2n) is 4.60. The van der Waals surface area contributed by atoms with E-state index in [0.717, 1.165) is 22.5 Å². The minimum atomic E-state index is -0.370. The number of imidazole rings is 1. The van der Waals surface area contributed by atoms with Crippen LogP contribution in [-0.2, 0) is 6.54 Å². The molecule has 0 aliphatic heterocycles. The van der Waals surface area contributed by atoms with E-state index in [-0.39, 0.29) is 16.1 Å². The zero-order valence-corrected chi connectivity index (χ0v) is 14.0. The maximum atomic E-state index is 13.6. The van der Waals surface area contributed by atoms with E-state index in [1.807, 2.05) is 4.57 Å². The van der Waals surface area contributed by atoms with Crippen LogP contribution < -0.4 is 4.87 Å². The number of aromatic nitrogens is 3. The van der Waals surface area contributed by atoms with Gasteiger partial charge in [0.1, 0.15) is 11.6 Å². The first-order valence-corrected chi connectivity index (χ1v) is 8.22. The van der Waals surface area contributed by atoms with Crippen LogP contribution in [0.4, 0.5) is 4.39 Å². The lowest BCUT2D eigenvalue weighted by atomic mass is 10.3. The van der Waals surface area contributed by atoms with Crippen molar-refractivity contribution in [1.29, 1.82) is 0 Å². The van der Waals surface area contributed by atoms with Crippen LogP contribution in [-0.4, -0.2) is 14.5 Å². The number of hydrogen-bond donors (Lipinski definition) is 1. The molecule has 2 aromatic heterocycles. The molecule has 0 bridgehead atoms. The summed E-state index contributed by atoms with van der Waals surface area (Å²) in [5.41, 5.74) is 2.07.